The minimum absolute atomic E-state index is 0.0207. The van der Waals surface area contributed by atoms with Crippen LogP contribution in [0.2, 0.25) is 0 Å². The number of rotatable bonds is 3. The normalized spacial score (nSPS) is 15.6. The average molecular weight is 325 g/mol. The van der Waals surface area contributed by atoms with Gasteiger partial charge in [-0.05, 0) is 25.9 Å². The monoisotopic (exact) mass is 325 g/mol. The topological polar surface area (TPSA) is 71.8 Å². The van der Waals surface area contributed by atoms with E-state index in [4.69, 9.17) is 0 Å². The van der Waals surface area contributed by atoms with Crippen LogP contribution in [0.4, 0.5) is 18.9 Å². The van der Waals surface area contributed by atoms with Crippen molar-refractivity contribution in [2.45, 2.75) is 18.9 Å². The summed E-state index contributed by atoms with van der Waals surface area (Å²) in [7, 11) is 0. The number of carbonyl (C=O) groups is 1. The molecule has 1 fully saturated rings. The fourth-order valence-electron chi connectivity index (χ4n) is 2.44. The largest absolute Gasteiger partial charge is 0.318 e. The van der Waals surface area contributed by atoms with Gasteiger partial charge in [0.2, 0.25) is 0 Å². The van der Waals surface area contributed by atoms with Gasteiger partial charge in [0, 0.05) is 12.1 Å². The van der Waals surface area contributed by atoms with Crippen molar-refractivity contribution >= 4 is 11.6 Å². The summed E-state index contributed by atoms with van der Waals surface area (Å²) < 4.78 is 41.1. The minimum atomic E-state index is -1.32. The summed E-state index contributed by atoms with van der Waals surface area (Å²) in [4.78, 5) is 12.0. The first-order chi connectivity index (χ1) is 11.0. The number of hydrogen-bond donors (Lipinski definition) is 2. The molecule has 2 aromatic rings. The fraction of sp³-hybridized carbons (Fsp3) is 0.357. The zero-order valence-electron chi connectivity index (χ0n) is 12.0. The number of nitrogens with zero attached hydrogens (tertiary/aromatic N) is 3. The van der Waals surface area contributed by atoms with Crippen LogP contribution in [0.5, 0.6) is 0 Å². The third kappa shape index (κ3) is 3.34. The number of anilines is 1. The smallest absolute Gasteiger partial charge is 0.277 e. The van der Waals surface area contributed by atoms with Crippen LogP contribution in [-0.4, -0.2) is 34.0 Å². The molecule has 6 nitrogen and oxygen atoms in total. The van der Waals surface area contributed by atoms with Gasteiger partial charge in [-0.25, -0.2) is 17.9 Å². The van der Waals surface area contributed by atoms with Gasteiger partial charge < -0.3 is 10.6 Å². The van der Waals surface area contributed by atoms with E-state index in [0.717, 1.165) is 25.9 Å². The van der Waals surface area contributed by atoms with Crippen LogP contribution in [0.25, 0.3) is 0 Å². The van der Waals surface area contributed by atoms with Crippen molar-refractivity contribution in [2.24, 2.45) is 0 Å². The molecule has 9 heteroatoms. The summed E-state index contributed by atoms with van der Waals surface area (Å²) in [6.45, 7) is 1.71. The molecule has 0 atom stereocenters. The molecule has 1 aliphatic heterocycles. The predicted molar refractivity (Wildman–Crippen MR) is 75.4 cm³/mol. The lowest BCUT2D eigenvalue weighted by Crippen LogP contribution is -2.29. The number of benzene rings is 1. The molecule has 3 rings (SSSR count). The van der Waals surface area contributed by atoms with Gasteiger partial charge in [-0.1, -0.05) is 5.21 Å². The van der Waals surface area contributed by atoms with Crippen LogP contribution in [-0.2, 0) is 0 Å². The maximum atomic E-state index is 13.5. The van der Waals surface area contributed by atoms with Gasteiger partial charge >= 0.3 is 0 Å². The molecule has 0 spiro atoms. The van der Waals surface area contributed by atoms with Crippen LogP contribution in [0.3, 0.4) is 0 Å². The van der Waals surface area contributed by atoms with E-state index in [9.17, 15) is 18.0 Å². The SMILES string of the molecule is O=C(Nc1cc(F)c(F)cc1F)c1cn(C2CCNCC2)nn1. The average Bonchev–Trinajstić information content (AvgIpc) is 3.03. The Bertz CT molecular complexity index is 727. The van der Waals surface area contributed by atoms with E-state index in [0.29, 0.717) is 12.1 Å². The summed E-state index contributed by atoms with van der Waals surface area (Å²) in [5.74, 6) is -4.38. The summed E-state index contributed by atoms with van der Waals surface area (Å²) in [5, 5.41) is 13.0. The van der Waals surface area contributed by atoms with E-state index in [2.05, 4.69) is 20.9 Å². The highest BCUT2D eigenvalue weighted by Crippen LogP contribution is 2.20. The maximum absolute atomic E-state index is 13.5. The van der Waals surface area contributed by atoms with Crippen molar-refractivity contribution < 1.29 is 18.0 Å². The van der Waals surface area contributed by atoms with Crippen molar-refractivity contribution in [1.29, 1.82) is 0 Å². The zero-order chi connectivity index (χ0) is 16.4. The lowest BCUT2D eigenvalue weighted by Gasteiger charge is -2.22. The summed E-state index contributed by atoms with van der Waals surface area (Å²) in [6, 6.07) is 1.10. The second-order valence-electron chi connectivity index (χ2n) is 5.27. The molecule has 1 aliphatic rings. The first-order valence-electron chi connectivity index (χ1n) is 7.13. The number of halogens is 3. The van der Waals surface area contributed by atoms with Crippen molar-refractivity contribution in [3.63, 3.8) is 0 Å². The molecule has 122 valence electrons. The standard InChI is InChI=1S/C14H14F3N5O/c15-9-5-11(17)12(6-10(9)16)19-14(23)13-7-22(21-20-13)8-1-3-18-4-2-8/h5-8,18H,1-4H2,(H,19,23). The van der Waals surface area contributed by atoms with Gasteiger partial charge in [-0.3, -0.25) is 4.79 Å². The Labute approximate surface area is 129 Å². The van der Waals surface area contributed by atoms with Crippen molar-refractivity contribution in [3.05, 3.63) is 41.5 Å². The Kier molecular flexibility index (Phi) is 4.28. The Morgan fingerprint density at radius 1 is 1.17 bits per heavy atom. The molecule has 0 radical (unpaired) electrons. The summed E-state index contributed by atoms with van der Waals surface area (Å²) >= 11 is 0. The molecule has 1 aromatic heterocycles. The fourth-order valence-corrected chi connectivity index (χ4v) is 2.44. The van der Waals surface area contributed by atoms with Crippen LogP contribution in [0, 0.1) is 17.5 Å². The van der Waals surface area contributed by atoms with Gasteiger partial charge in [0.25, 0.3) is 5.91 Å². The number of carbonyl (C=O) groups excluding carboxylic acids is 1. The second kappa shape index (κ2) is 6.37. The third-order valence-electron chi connectivity index (χ3n) is 3.68. The van der Waals surface area contributed by atoms with E-state index in [1.54, 1.807) is 4.68 Å². The Morgan fingerprint density at radius 2 is 1.87 bits per heavy atom. The summed E-state index contributed by atoms with van der Waals surface area (Å²) in [6.07, 6.45) is 3.19. The highest BCUT2D eigenvalue weighted by atomic mass is 19.2. The Hall–Kier alpha value is -2.42. The lowest BCUT2D eigenvalue weighted by atomic mass is 10.1. The number of nitrogens with one attached hydrogen (secondary N) is 2. The van der Waals surface area contributed by atoms with Gasteiger partial charge in [-0.2, -0.15) is 0 Å². The van der Waals surface area contributed by atoms with E-state index in [1.165, 1.54) is 6.20 Å². The molecule has 0 aliphatic carbocycles. The van der Waals surface area contributed by atoms with Crippen molar-refractivity contribution in [2.75, 3.05) is 18.4 Å². The van der Waals surface area contributed by atoms with Crippen molar-refractivity contribution in [1.82, 2.24) is 20.3 Å². The molecule has 0 saturated carbocycles. The van der Waals surface area contributed by atoms with E-state index in [1.807, 2.05) is 0 Å². The molecule has 0 unspecified atom stereocenters. The molecule has 2 heterocycles. The van der Waals surface area contributed by atoms with Crippen LogP contribution in [0.15, 0.2) is 18.3 Å². The second-order valence-corrected chi connectivity index (χ2v) is 5.27. The molecule has 23 heavy (non-hydrogen) atoms. The maximum Gasteiger partial charge on any atom is 0.277 e. The Morgan fingerprint density at radius 3 is 2.61 bits per heavy atom. The minimum Gasteiger partial charge on any atom is -0.318 e. The van der Waals surface area contributed by atoms with E-state index >= 15 is 0 Å². The van der Waals surface area contributed by atoms with E-state index < -0.39 is 29.0 Å². The number of amides is 1. The first kappa shape index (κ1) is 15.5. The molecule has 2 N–H and O–H groups in total. The van der Waals surface area contributed by atoms with E-state index in [-0.39, 0.29) is 11.7 Å². The molecular weight excluding hydrogens is 311 g/mol. The van der Waals surface area contributed by atoms with Crippen LogP contribution in [0.1, 0.15) is 29.4 Å². The molecule has 1 saturated heterocycles. The predicted octanol–water partition coefficient (Wildman–Crippen LogP) is 1.87. The Balaban J connectivity index is 1.74. The number of piperidine rings is 1. The first-order valence-corrected chi connectivity index (χ1v) is 7.13. The van der Waals surface area contributed by atoms with Crippen LogP contribution < -0.4 is 10.6 Å². The lowest BCUT2D eigenvalue weighted by molar-refractivity contribution is 0.102. The number of aromatic nitrogens is 3. The van der Waals surface area contributed by atoms with Gasteiger partial charge in [-0.15, -0.1) is 5.10 Å². The number of hydrogen-bond acceptors (Lipinski definition) is 4. The molecular formula is C14H14F3N5O. The highest BCUT2D eigenvalue weighted by molar-refractivity contribution is 6.02. The van der Waals surface area contributed by atoms with Gasteiger partial charge in [0.05, 0.1) is 17.9 Å². The summed E-state index contributed by atoms with van der Waals surface area (Å²) in [5.41, 5.74) is -0.474. The molecule has 1 amide bonds. The van der Waals surface area contributed by atoms with Gasteiger partial charge in [0.15, 0.2) is 17.3 Å². The van der Waals surface area contributed by atoms with Gasteiger partial charge in [0.1, 0.15) is 5.82 Å². The third-order valence-corrected chi connectivity index (χ3v) is 3.68. The van der Waals surface area contributed by atoms with Crippen LogP contribution >= 0.6 is 0 Å². The zero-order valence-corrected chi connectivity index (χ0v) is 12.0. The van der Waals surface area contributed by atoms with Crippen molar-refractivity contribution in [3.8, 4) is 0 Å². The quantitative estimate of drug-likeness (QED) is 0.845. The molecule has 1 aromatic carbocycles. The highest BCUT2D eigenvalue weighted by Gasteiger charge is 2.20. The molecule has 0 bridgehead atoms.